The van der Waals surface area contributed by atoms with Crippen LogP contribution in [0.15, 0.2) is 54.9 Å². The van der Waals surface area contributed by atoms with Crippen molar-refractivity contribution in [2.24, 2.45) is 0 Å². The molecular formula is C20H22N4O. The van der Waals surface area contributed by atoms with E-state index in [1.807, 2.05) is 35.5 Å². The van der Waals surface area contributed by atoms with Crippen LogP contribution in [0.25, 0.3) is 5.57 Å². The Morgan fingerprint density at radius 2 is 2.12 bits per heavy atom. The first-order chi connectivity index (χ1) is 12.3. The molecule has 2 N–H and O–H groups in total. The Morgan fingerprint density at radius 3 is 2.92 bits per heavy atom. The Balaban J connectivity index is 1.41. The number of amides is 1. The van der Waals surface area contributed by atoms with E-state index in [1.54, 1.807) is 0 Å². The highest BCUT2D eigenvalue weighted by molar-refractivity contribution is 5.79. The predicted molar refractivity (Wildman–Crippen MR) is 97.4 cm³/mol. The smallest absolute Gasteiger partial charge is 0.240 e. The Labute approximate surface area is 147 Å². The zero-order chi connectivity index (χ0) is 17.1. The monoisotopic (exact) mass is 334 g/mol. The van der Waals surface area contributed by atoms with Crippen molar-refractivity contribution in [1.82, 2.24) is 20.4 Å². The van der Waals surface area contributed by atoms with Crippen molar-refractivity contribution >= 4 is 11.5 Å². The number of rotatable bonds is 6. The summed E-state index contributed by atoms with van der Waals surface area (Å²) < 4.78 is 0. The van der Waals surface area contributed by atoms with Crippen LogP contribution in [0.1, 0.15) is 36.2 Å². The van der Waals surface area contributed by atoms with E-state index in [0.717, 1.165) is 42.6 Å². The van der Waals surface area contributed by atoms with Gasteiger partial charge in [-0.1, -0.05) is 36.4 Å². The van der Waals surface area contributed by atoms with Crippen molar-refractivity contribution in [2.45, 2.75) is 31.7 Å². The molecule has 1 saturated carbocycles. The molecule has 1 fully saturated rings. The SMILES string of the molecule is O=C(CN1C=CCC(c2cc(Cc3ccccc3)[nH]n2)=C1)NC1CC1. The van der Waals surface area contributed by atoms with E-state index in [4.69, 9.17) is 0 Å². The third-order valence-electron chi connectivity index (χ3n) is 4.42. The number of carbonyl (C=O) groups excluding carboxylic acids is 1. The number of benzene rings is 1. The maximum absolute atomic E-state index is 12.0. The van der Waals surface area contributed by atoms with E-state index >= 15 is 0 Å². The molecule has 1 aliphatic carbocycles. The minimum absolute atomic E-state index is 0.0800. The summed E-state index contributed by atoms with van der Waals surface area (Å²) in [5, 5.41) is 10.6. The quantitative estimate of drug-likeness (QED) is 0.854. The molecule has 0 unspecified atom stereocenters. The van der Waals surface area contributed by atoms with Crippen LogP contribution in [0.5, 0.6) is 0 Å². The van der Waals surface area contributed by atoms with Gasteiger partial charge in [0.25, 0.3) is 0 Å². The number of nitrogens with zero attached hydrogens (tertiary/aromatic N) is 2. The van der Waals surface area contributed by atoms with Gasteiger partial charge < -0.3 is 10.2 Å². The summed E-state index contributed by atoms with van der Waals surface area (Å²) in [4.78, 5) is 13.9. The molecule has 128 valence electrons. The van der Waals surface area contributed by atoms with Crippen LogP contribution < -0.4 is 5.32 Å². The number of hydrogen-bond acceptors (Lipinski definition) is 3. The highest BCUT2D eigenvalue weighted by Gasteiger charge is 2.23. The lowest BCUT2D eigenvalue weighted by Crippen LogP contribution is -2.34. The van der Waals surface area contributed by atoms with Crippen molar-refractivity contribution in [1.29, 1.82) is 0 Å². The molecule has 0 spiro atoms. The first-order valence-electron chi connectivity index (χ1n) is 8.77. The average molecular weight is 334 g/mol. The third-order valence-corrected chi connectivity index (χ3v) is 4.42. The van der Waals surface area contributed by atoms with E-state index < -0.39 is 0 Å². The lowest BCUT2D eigenvalue weighted by Gasteiger charge is -2.20. The summed E-state index contributed by atoms with van der Waals surface area (Å²) in [5.74, 6) is 0.0800. The molecule has 25 heavy (non-hydrogen) atoms. The summed E-state index contributed by atoms with van der Waals surface area (Å²) in [7, 11) is 0. The fourth-order valence-electron chi connectivity index (χ4n) is 2.98. The van der Waals surface area contributed by atoms with Gasteiger partial charge in [0.05, 0.1) is 5.69 Å². The van der Waals surface area contributed by atoms with Gasteiger partial charge in [-0.25, -0.2) is 0 Å². The molecule has 1 aliphatic heterocycles. The molecule has 4 rings (SSSR count). The fraction of sp³-hybridized carbons (Fsp3) is 0.300. The van der Waals surface area contributed by atoms with Gasteiger partial charge in [0.15, 0.2) is 0 Å². The molecule has 0 bridgehead atoms. The number of carbonyl (C=O) groups is 1. The number of allylic oxidation sites excluding steroid dienone is 2. The average Bonchev–Trinajstić information content (AvgIpc) is 3.31. The summed E-state index contributed by atoms with van der Waals surface area (Å²) in [6.07, 6.45) is 9.95. The van der Waals surface area contributed by atoms with Gasteiger partial charge in [-0.15, -0.1) is 0 Å². The van der Waals surface area contributed by atoms with E-state index in [2.05, 4.69) is 39.8 Å². The Kier molecular flexibility index (Phi) is 4.37. The number of nitrogens with one attached hydrogen (secondary N) is 2. The van der Waals surface area contributed by atoms with Crippen molar-refractivity contribution in [3.63, 3.8) is 0 Å². The van der Waals surface area contributed by atoms with Crippen LogP contribution in [-0.4, -0.2) is 33.6 Å². The Morgan fingerprint density at radius 1 is 1.28 bits per heavy atom. The molecule has 0 radical (unpaired) electrons. The molecule has 1 aromatic heterocycles. The van der Waals surface area contributed by atoms with Gasteiger partial charge >= 0.3 is 0 Å². The first-order valence-corrected chi connectivity index (χ1v) is 8.77. The number of aromatic nitrogens is 2. The third kappa shape index (κ3) is 4.18. The summed E-state index contributed by atoms with van der Waals surface area (Å²) in [6.45, 7) is 0.359. The molecule has 1 aromatic carbocycles. The van der Waals surface area contributed by atoms with Gasteiger partial charge in [-0.05, 0) is 36.5 Å². The van der Waals surface area contributed by atoms with Crippen molar-refractivity contribution in [3.8, 4) is 0 Å². The van der Waals surface area contributed by atoms with Crippen molar-refractivity contribution in [3.05, 3.63) is 71.8 Å². The van der Waals surface area contributed by atoms with Gasteiger partial charge in [0, 0.05) is 30.6 Å². The second-order valence-electron chi connectivity index (χ2n) is 6.70. The molecule has 5 heteroatoms. The molecular weight excluding hydrogens is 312 g/mol. The second kappa shape index (κ2) is 6.97. The topological polar surface area (TPSA) is 61.0 Å². The molecule has 2 aliphatic rings. The predicted octanol–water partition coefficient (Wildman–Crippen LogP) is 2.84. The maximum atomic E-state index is 12.0. The molecule has 0 atom stereocenters. The Bertz CT molecular complexity index is 802. The summed E-state index contributed by atoms with van der Waals surface area (Å²) >= 11 is 0. The minimum atomic E-state index is 0.0800. The molecule has 2 aromatic rings. The van der Waals surface area contributed by atoms with Crippen LogP contribution in [0.3, 0.4) is 0 Å². The lowest BCUT2D eigenvalue weighted by atomic mass is 10.1. The van der Waals surface area contributed by atoms with Crippen molar-refractivity contribution in [2.75, 3.05) is 6.54 Å². The number of hydrogen-bond donors (Lipinski definition) is 2. The van der Waals surface area contributed by atoms with Crippen LogP contribution in [-0.2, 0) is 11.2 Å². The van der Waals surface area contributed by atoms with Gasteiger partial charge in [-0.2, -0.15) is 5.10 Å². The second-order valence-corrected chi connectivity index (χ2v) is 6.70. The van der Waals surface area contributed by atoms with Gasteiger partial charge in [0.1, 0.15) is 6.54 Å². The van der Waals surface area contributed by atoms with Crippen molar-refractivity contribution < 1.29 is 4.79 Å². The molecule has 1 amide bonds. The summed E-state index contributed by atoms with van der Waals surface area (Å²) in [6, 6.07) is 12.8. The van der Waals surface area contributed by atoms with Crippen LogP contribution in [0.2, 0.25) is 0 Å². The van der Waals surface area contributed by atoms with Crippen LogP contribution in [0.4, 0.5) is 0 Å². The molecule has 5 nitrogen and oxygen atoms in total. The highest BCUT2D eigenvalue weighted by Crippen LogP contribution is 2.23. The van der Waals surface area contributed by atoms with Gasteiger partial charge in [0.2, 0.25) is 5.91 Å². The highest BCUT2D eigenvalue weighted by atomic mass is 16.2. The standard InChI is InChI=1S/C20H22N4O/c25-20(21-17-8-9-17)14-24-10-4-7-16(13-24)19-12-18(22-23-19)11-15-5-2-1-3-6-15/h1-6,10,12-13,17H,7-9,11,14H2,(H,21,25)(H,22,23). The lowest BCUT2D eigenvalue weighted by molar-refractivity contribution is -0.121. The molecule has 2 heterocycles. The van der Waals surface area contributed by atoms with E-state index in [0.29, 0.717) is 12.6 Å². The van der Waals surface area contributed by atoms with Crippen LogP contribution in [0, 0.1) is 0 Å². The summed E-state index contributed by atoms with van der Waals surface area (Å²) in [5.41, 5.74) is 4.42. The van der Waals surface area contributed by atoms with E-state index in [1.165, 1.54) is 5.56 Å². The number of aromatic amines is 1. The minimum Gasteiger partial charge on any atom is -0.352 e. The Hall–Kier alpha value is -2.82. The molecule has 0 saturated heterocycles. The zero-order valence-electron chi connectivity index (χ0n) is 14.1. The fourth-order valence-corrected chi connectivity index (χ4v) is 2.98. The first kappa shape index (κ1) is 15.7. The van der Waals surface area contributed by atoms with Gasteiger partial charge in [-0.3, -0.25) is 9.89 Å². The normalized spacial score (nSPS) is 16.6. The largest absolute Gasteiger partial charge is 0.352 e. The zero-order valence-corrected chi connectivity index (χ0v) is 14.1. The van der Waals surface area contributed by atoms with E-state index in [9.17, 15) is 4.79 Å². The van der Waals surface area contributed by atoms with E-state index in [-0.39, 0.29) is 5.91 Å². The number of H-pyrrole nitrogens is 1. The maximum Gasteiger partial charge on any atom is 0.240 e. The van der Waals surface area contributed by atoms with Crippen LogP contribution >= 0.6 is 0 Å².